The summed E-state index contributed by atoms with van der Waals surface area (Å²) in [5, 5.41) is 0. The van der Waals surface area contributed by atoms with Gasteiger partial charge in [0.15, 0.2) is 6.10 Å². The van der Waals surface area contributed by atoms with Crippen LogP contribution in [0.4, 0.5) is 0 Å². The Hall–Kier alpha value is -3.67. The highest BCUT2D eigenvalue weighted by atomic mass is 16.6. The van der Waals surface area contributed by atoms with Crippen LogP contribution < -0.4 is 0 Å². The first-order chi connectivity index (χ1) is 31.0. The van der Waals surface area contributed by atoms with Crippen LogP contribution in [0.2, 0.25) is 0 Å². The number of unbranched alkanes of at least 4 members (excludes halogenated alkanes) is 23. The third-order valence-electron chi connectivity index (χ3n) is 10.7. The van der Waals surface area contributed by atoms with Gasteiger partial charge in [0, 0.05) is 19.3 Å². The molecule has 63 heavy (non-hydrogen) atoms. The third-order valence-corrected chi connectivity index (χ3v) is 10.7. The predicted molar refractivity (Wildman–Crippen MR) is 270 cm³/mol. The lowest BCUT2D eigenvalue weighted by Gasteiger charge is -2.18. The monoisotopic (exact) mass is 875 g/mol. The Morgan fingerprint density at radius 2 is 0.651 bits per heavy atom. The molecular weight excluding hydrogens is 781 g/mol. The average Bonchev–Trinajstić information content (AvgIpc) is 3.28. The number of esters is 3. The van der Waals surface area contributed by atoms with Gasteiger partial charge in [-0.1, -0.05) is 221 Å². The van der Waals surface area contributed by atoms with Crippen LogP contribution in [0.3, 0.4) is 0 Å². The molecule has 0 aromatic rings. The van der Waals surface area contributed by atoms with Gasteiger partial charge in [-0.25, -0.2) is 0 Å². The molecule has 6 heteroatoms. The highest BCUT2D eigenvalue weighted by molar-refractivity contribution is 5.71. The van der Waals surface area contributed by atoms with Crippen LogP contribution in [0, 0.1) is 0 Å². The molecule has 1 atom stereocenters. The second kappa shape index (κ2) is 51.0. The quantitative estimate of drug-likeness (QED) is 0.0199. The molecule has 358 valence electrons. The predicted octanol–water partition coefficient (Wildman–Crippen LogP) is 17.0. The molecule has 0 aliphatic carbocycles. The molecule has 0 rings (SSSR count). The van der Waals surface area contributed by atoms with E-state index >= 15 is 0 Å². The Bertz CT molecular complexity index is 1280. The van der Waals surface area contributed by atoms with Crippen molar-refractivity contribution in [3.63, 3.8) is 0 Å². The molecule has 0 saturated carbocycles. The Labute approximate surface area is 387 Å². The van der Waals surface area contributed by atoms with Gasteiger partial charge in [0.1, 0.15) is 13.2 Å². The molecule has 0 aliphatic heterocycles. The van der Waals surface area contributed by atoms with E-state index in [0.29, 0.717) is 19.3 Å². The molecule has 1 unspecified atom stereocenters. The van der Waals surface area contributed by atoms with Gasteiger partial charge in [0.05, 0.1) is 0 Å². The van der Waals surface area contributed by atoms with E-state index in [1.165, 1.54) is 103 Å². The summed E-state index contributed by atoms with van der Waals surface area (Å²) in [7, 11) is 0. The minimum Gasteiger partial charge on any atom is -0.462 e. The molecule has 0 spiro atoms. The van der Waals surface area contributed by atoms with Gasteiger partial charge >= 0.3 is 17.9 Å². The van der Waals surface area contributed by atoms with Gasteiger partial charge in [0.25, 0.3) is 0 Å². The van der Waals surface area contributed by atoms with E-state index in [1.54, 1.807) is 0 Å². The first kappa shape index (κ1) is 59.3. The van der Waals surface area contributed by atoms with E-state index in [0.717, 1.165) is 77.0 Å². The molecule has 0 aromatic heterocycles. The molecule has 0 amide bonds. The molecule has 0 aliphatic rings. The minimum atomic E-state index is -0.821. The van der Waals surface area contributed by atoms with Crippen LogP contribution in [0.1, 0.15) is 226 Å². The van der Waals surface area contributed by atoms with Gasteiger partial charge in [-0.05, 0) is 83.5 Å². The topological polar surface area (TPSA) is 78.9 Å². The first-order valence-corrected chi connectivity index (χ1v) is 25.8. The average molecular weight is 875 g/mol. The fourth-order valence-corrected chi connectivity index (χ4v) is 6.81. The molecule has 0 fully saturated rings. The van der Waals surface area contributed by atoms with Crippen molar-refractivity contribution in [2.24, 2.45) is 0 Å². The number of hydrogen-bond acceptors (Lipinski definition) is 6. The fraction of sp³-hybridized carbons (Fsp3) is 0.667. The van der Waals surface area contributed by atoms with E-state index in [1.807, 2.05) is 54.7 Å². The van der Waals surface area contributed by atoms with Gasteiger partial charge in [-0.3, -0.25) is 14.4 Å². The summed E-state index contributed by atoms with van der Waals surface area (Å²) in [6.07, 6.45) is 66.9. The first-order valence-electron chi connectivity index (χ1n) is 25.8. The van der Waals surface area contributed by atoms with Gasteiger partial charge in [-0.15, -0.1) is 0 Å². The Kier molecular flexibility index (Phi) is 48.0. The second-order valence-corrected chi connectivity index (χ2v) is 16.8. The number of allylic oxidation sites excluding steroid dienone is 16. The maximum atomic E-state index is 12.8. The van der Waals surface area contributed by atoms with Crippen LogP contribution in [0.25, 0.3) is 0 Å². The van der Waals surface area contributed by atoms with Crippen molar-refractivity contribution in [2.45, 2.75) is 232 Å². The highest BCUT2D eigenvalue weighted by Crippen LogP contribution is 2.13. The zero-order chi connectivity index (χ0) is 45.8. The van der Waals surface area contributed by atoms with E-state index in [9.17, 15) is 14.4 Å². The standard InChI is InChI=1S/C57H94O6/c1-4-7-10-13-16-19-22-25-27-29-32-35-38-41-44-47-50-56(59)62-53-54(52-61-55(58)49-46-43-40-37-34-31-24-21-18-15-12-9-6-3)63-57(60)51-48-45-42-39-36-33-30-28-26-23-20-17-14-11-8-5-2/h9,12,15,18,21,24,27-32,34-35,37,40,54H,4-8,10-11,13-14,16-17,19-20,22-23,25-26,33,36,38-39,41-53H2,1-3H3/b12-9+,18-15+,24-21+,29-27+,30-28+,34-31+,35-32+,40-37+. The van der Waals surface area contributed by atoms with Gasteiger partial charge in [-0.2, -0.15) is 0 Å². The summed E-state index contributed by atoms with van der Waals surface area (Å²) in [6, 6.07) is 0. The SMILES string of the molecule is CC/C=C/C=C/C=C/C=C/C=C/CCCC(=O)OCC(COC(=O)CCCCC/C=C/C=C/CCCCCCCCC)OC(=O)CCCCCCC/C=C/CCCCCCCCC. The summed E-state index contributed by atoms with van der Waals surface area (Å²) < 4.78 is 16.7. The van der Waals surface area contributed by atoms with Crippen molar-refractivity contribution in [1.82, 2.24) is 0 Å². The van der Waals surface area contributed by atoms with Crippen LogP contribution in [-0.2, 0) is 28.6 Å². The zero-order valence-electron chi connectivity index (χ0n) is 40.8. The van der Waals surface area contributed by atoms with Crippen molar-refractivity contribution >= 4 is 17.9 Å². The number of rotatable bonds is 45. The largest absolute Gasteiger partial charge is 0.462 e. The lowest BCUT2D eigenvalue weighted by Crippen LogP contribution is -2.30. The van der Waals surface area contributed by atoms with Gasteiger partial charge in [0.2, 0.25) is 0 Å². The van der Waals surface area contributed by atoms with Crippen molar-refractivity contribution in [3.8, 4) is 0 Å². The Balaban J connectivity index is 4.54. The van der Waals surface area contributed by atoms with Crippen LogP contribution >= 0.6 is 0 Å². The fourth-order valence-electron chi connectivity index (χ4n) is 6.81. The maximum absolute atomic E-state index is 12.8. The number of hydrogen-bond donors (Lipinski definition) is 0. The minimum absolute atomic E-state index is 0.118. The van der Waals surface area contributed by atoms with E-state index in [4.69, 9.17) is 14.2 Å². The van der Waals surface area contributed by atoms with Crippen molar-refractivity contribution in [3.05, 3.63) is 97.2 Å². The van der Waals surface area contributed by atoms with Gasteiger partial charge < -0.3 is 14.2 Å². The summed E-state index contributed by atoms with van der Waals surface area (Å²) in [6.45, 7) is 6.38. The molecule has 0 saturated heterocycles. The molecule has 0 heterocycles. The van der Waals surface area contributed by atoms with E-state index in [-0.39, 0.29) is 37.5 Å². The summed E-state index contributed by atoms with van der Waals surface area (Å²) >= 11 is 0. The molecule has 0 bridgehead atoms. The zero-order valence-corrected chi connectivity index (χ0v) is 40.8. The number of carbonyl (C=O) groups is 3. The molecule has 6 nitrogen and oxygen atoms in total. The molecular formula is C57H94O6. The lowest BCUT2D eigenvalue weighted by atomic mass is 10.1. The van der Waals surface area contributed by atoms with Crippen molar-refractivity contribution in [1.29, 1.82) is 0 Å². The summed E-state index contributed by atoms with van der Waals surface area (Å²) in [4.78, 5) is 37.9. The summed E-state index contributed by atoms with van der Waals surface area (Å²) in [5.74, 6) is -1.03. The number of ether oxygens (including phenoxy) is 3. The molecule has 0 N–H and O–H groups in total. The second-order valence-electron chi connectivity index (χ2n) is 16.8. The molecule has 0 aromatic carbocycles. The van der Waals surface area contributed by atoms with Crippen molar-refractivity contribution in [2.75, 3.05) is 13.2 Å². The van der Waals surface area contributed by atoms with Crippen LogP contribution in [-0.4, -0.2) is 37.2 Å². The van der Waals surface area contributed by atoms with Crippen molar-refractivity contribution < 1.29 is 28.6 Å². The Morgan fingerprint density at radius 1 is 0.333 bits per heavy atom. The lowest BCUT2D eigenvalue weighted by molar-refractivity contribution is -0.167. The smallest absolute Gasteiger partial charge is 0.306 e. The molecule has 0 radical (unpaired) electrons. The van der Waals surface area contributed by atoms with Crippen LogP contribution in [0.5, 0.6) is 0 Å². The van der Waals surface area contributed by atoms with E-state index in [2.05, 4.69) is 63.3 Å². The Morgan fingerprint density at radius 3 is 1.11 bits per heavy atom. The van der Waals surface area contributed by atoms with Crippen LogP contribution in [0.15, 0.2) is 97.2 Å². The third kappa shape index (κ3) is 49.2. The van der Waals surface area contributed by atoms with E-state index < -0.39 is 6.10 Å². The maximum Gasteiger partial charge on any atom is 0.306 e. The highest BCUT2D eigenvalue weighted by Gasteiger charge is 2.19. The number of carbonyl (C=O) groups excluding carboxylic acids is 3. The summed E-state index contributed by atoms with van der Waals surface area (Å²) in [5.41, 5.74) is 0. The normalized spacial score (nSPS) is 12.9.